The summed E-state index contributed by atoms with van der Waals surface area (Å²) in [6.45, 7) is 1.59. The van der Waals surface area contributed by atoms with Crippen LogP contribution in [0.25, 0.3) is 10.6 Å². The van der Waals surface area contributed by atoms with Gasteiger partial charge in [0.1, 0.15) is 10.8 Å². The Kier molecular flexibility index (Phi) is 6.72. The van der Waals surface area contributed by atoms with Crippen molar-refractivity contribution in [2.45, 2.75) is 19.4 Å². The van der Waals surface area contributed by atoms with Crippen molar-refractivity contribution in [3.8, 4) is 10.6 Å². The second-order valence-corrected chi connectivity index (χ2v) is 7.44. The number of carbonyl (C=O) groups excluding carboxylic acids is 2. The molecule has 5 nitrogen and oxygen atoms in total. The molecule has 0 fully saturated rings. The number of benzene rings is 2. The third kappa shape index (κ3) is 5.48. The van der Waals surface area contributed by atoms with Crippen LogP contribution < -0.4 is 0 Å². The molecule has 29 heavy (non-hydrogen) atoms. The van der Waals surface area contributed by atoms with Gasteiger partial charge in [0.25, 0.3) is 5.91 Å². The number of aromatic nitrogens is 1. The Morgan fingerprint density at radius 1 is 1.17 bits per heavy atom. The van der Waals surface area contributed by atoms with Crippen LogP contribution in [0.2, 0.25) is 0 Å². The van der Waals surface area contributed by atoms with Crippen LogP contribution in [0.15, 0.2) is 60.0 Å². The van der Waals surface area contributed by atoms with Crippen molar-refractivity contribution >= 4 is 23.2 Å². The standard InChI is InChI=1S/C22H21FN2O3S/c1-15(16-7-4-3-5-8-16)25(2)20(26)13-28-21(27)12-19-14-29-22(24-19)17-9-6-10-18(23)11-17/h3-11,14-15H,12-13H2,1-2H3. The molecule has 1 amide bonds. The predicted molar refractivity (Wildman–Crippen MR) is 110 cm³/mol. The van der Waals surface area contributed by atoms with E-state index in [-0.39, 0.29) is 30.8 Å². The number of likely N-dealkylation sites (N-methyl/N-ethyl adjacent to an activating group) is 1. The van der Waals surface area contributed by atoms with E-state index in [2.05, 4.69) is 4.98 Å². The topological polar surface area (TPSA) is 59.5 Å². The number of ether oxygens (including phenoxy) is 1. The molecule has 0 aliphatic rings. The molecule has 1 heterocycles. The third-order valence-corrected chi connectivity index (χ3v) is 5.50. The predicted octanol–water partition coefficient (Wildman–Crippen LogP) is 4.25. The highest BCUT2D eigenvalue weighted by Gasteiger charge is 2.19. The summed E-state index contributed by atoms with van der Waals surface area (Å²) in [6, 6.07) is 15.6. The van der Waals surface area contributed by atoms with Gasteiger partial charge in [0.05, 0.1) is 18.2 Å². The molecule has 150 valence electrons. The Labute approximate surface area is 172 Å². The number of amides is 1. The van der Waals surface area contributed by atoms with Gasteiger partial charge in [-0.05, 0) is 24.6 Å². The normalized spacial score (nSPS) is 11.7. The van der Waals surface area contributed by atoms with Gasteiger partial charge in [0, 0.05) is 18.0 Å². The van der Waals surface area contributed by atoms with Crippen LogP contribution in [0.4, 0.5) is 4.39 Å². The summed E-state index contributed by atoms with van der Waals surface area (Å²) >= 11 is 1.32. The lowest BCUT2D eigenvalue weighted by Gasteiger charge is -2.25. The number of thiazole rings is 1. The van der Waals surface area contributed by atoms with Gasteiger partial charge in [-0.3, -0.25) is 9.59 Å². The van der Waals surface area contributed by atoms with E-state index in [0.29, 0.717) is 16.3 Å². The number of rotatable bonds is 7. The van der Waals surface area contributed by atoms with Crippen LogP contribution in [-0.2, 0) is 20.7 Å². The quantitative estimate of drug-likeness (QED) is 0.544. The van der Waals surface area contributed by atoms with E-state index >= 15 is 0 Å². The van der Waals surface area contributed by atoms with Crippen LogP contribution >= 0.6 is 11.3 Å². The summed E-state index contributed by atoms with van der Waals surface area (Å²) in [7, 11) is 1.68. The van der Waals surface area contributed by atoms with Crippen molar-refractivity contribution in [1.29, 1.82) is 0 Å². The average molecular weight is 412 g/mol. The fourth-order valence-electron chi connectivity index (χ4n) is 2.76. The minimum Gasteiger partial charge on any atom is -0.455 e. The summed E-state index contributed by atoms with van der Waals surface area (Å²) in [4.78, 5) is 30.3. The van der Waals surface area contributed by atoms with Crippen LogP contribution in [0.3, 0.4) is 0 Å². The van der Waals surface area contributed by atoms with Crippen LogP contribution in [0.5, 0.6) is 0 Å². The van der Waals surface area contributed by atoms with Gasteiger partial charge in [-0.2, -0.15) is 0 Å². The Hall–Kier alpha value is -3.06. The fraction of sp³-hybridized carbons (Fsp3) is 0.227. The van der Waals surface area contributed by atoms with E-state index in [1.165, 1.54) is 23.5 Å². The van der Waals surface area contributed by atoms with Crippen LogP contribution in [-0.4, -0.2) is 35.4 Å². The molecule has 0 spiro atoms. The summed E-state index contributed by atoms with van der Waals surface area (Å²) in [5.74, 6) is -1.16. The molecule has 0 saturated carbocycles. The maximum Gasteiger partial charge on any atom is 0.312 e. The molecule has 1 atom stereocenters. The second kappa shape index (κ2) is 9.43. The lowest BCUT2D eigenvalue weighted by molar-refractivity contribution is -0.151. The number of nitrogens with zero attached hydrogens (tertiary/aromatic N) is 2. The number of hydrogen-bond donors (Lipinski definition) is 0. The first-order chi connectivity index (χ1) is 13.9. The molecule has 0 saturated heterocycles. The van der Waals surface area contributed by atoms with E-state index in [9.17, 15) is 14.0 Å². The van der Waals surface area contributed by atoms with Gasteiger partial charge in [-0.25, -0.2) is 9.37 Å². The lowest BCUT2D eigenvalue weighted by Crippen LogP contribution is -2.33. The maximum atomic E-state index is 13.3. The third-order valence-electron chi connectivity index (χ3n) is 4.56. The summed E-state index contributed by atoms with van der Waals surface area (Å²) in [5, 5.41) is 2.35. The summed E-state index contributed by atoms with van der Waals surface area (Å²) in [6.07, 6.45) is -0.0446. The average Bonchev–Trinajstić information content (AvgIpc) is 3.20. The Morgan fingerprint density at radius 2 is 1.93 bits per heavy atom. The van der Waals surface area contributed by atoms with Crippen LogP contribution in [0, 0.1) is 5.82 Å². The summed E-state index contributed by atoms with van der Waals surface area (Å²) in [5.41, 5.74) is 2.18. The highest BCUT2D eigenvalue weighted by atomic mass is 32.1. The zero-order chi connectivity index (χ0) is 20.8. The molecular formula is C22H21FN2O3S. The highest BCUT2D eigenvalue weighted by Crippen LogP contribution is 2.24. The van der Waals surface area contributed by atoms with Crippen molar-refractivity contribution in [3.63, 3.8) is 0 Å². The van der Waals surface area contributed by atoms with Gasteiger partial charge in [0.2, 0.25) is 0 Å². The smallest absolute Gasteiger partial charge is 0.312 e. The van der Waals surface area contributed by atoms with Gasteiger partial charge in [-0.15, -0.1) is 11.3 Å². The highest BCUT2D eigenvalue weighted by molar-refractivity contribution is 7.13. The molecule has 0 bridgehead atoms. The Bertz CT molecular complexity index is 990. The minimum absolute atomic E-state index is 0.0446. The van der Waals surface area contributed by atoms with Crippen molar-refractivity contribution in [2.75, 3.05) is 13.7 Å². The zero-order valence-electron chi connectivity index (χ0n) is 16.2. The molecule has 7 heteroatoms. The van der Waals surface area contributed by atoms with E-state index in [1.807, 2.05) is 37.3 Å². The molecule has 3 rings (SSSR count). The molecule has 2 aromatic carbocycles. The number of esters is 1. The van der Waals surface area contributed by atoms with Gasteiger partial charge < -0.3 is 9.64 Å². The van der Waals surface area contributed by atoms with Crippen molar-refractivity contribution in [3.05, 3.63) is 77.1 Å². The molecular weight excluding hydrogens is 391 g/mol. The summed E-state index contributed by atoms with van der Waals surface area (Å²) < 4.78 is 18.5. The fourth-order valence-corrected chi connectivity index (χ4v) is 3.57. The van der Waals surface area contributed by atoms with E-state index in [0.717, 1.165) is 5.56 Å². The Morgan fingerprint density at radius 3 is 2.66 bits per heavy atom. The largest absolute Gasteiger partial charge is 0.455 e. The molecule has 0 aliphatic carbocycles. The molecule has 1 unspecified atom stereocenters. The maximum absolute atomic E-state index is 13.3. The number of carbonyl (C=O) groups is 2. The lowest BCUT2D eigenvalue weighted by atomic mass is 10.1. The first-order valence-electron chi connectivity index (χ1n) is 9.10. The van der Waals surface area contributed by atoms with E-state index in [1.54, 1.807) is 29.5 Å². The Balaban J connectivity index is 1.51. The molecule has 3 aromatic rings. The molecule has 0 radical (unpaired) electrons. The monoisotopic (exact) mass is 412 g/mol. The second-order valence-electron chi connectivity index (χ2n) is 6.58. The number of halogens is 1. The van der Waals surface area contributed by atoms with E-state index in [4.69, 9.17) is 4.74 Å². The molecule has 1 aromatic heterocycles. The van der Waals surface area contributed by atoms with Gasteiger partial charge in [-0.1, -0.05) is 42.5 Å². The van der Waals surface area contributed by atoms with E-state index < -0.39 is 5.97 Å². The van der Waals surface area contributed by atoms with Gasteiger partial charge in [0.15, 0.2) is 6.61 Å². The van der Waals surface area contributed by atoms with Crippen molar-refractivity contribution in [1.82, 2.24) is 9.88 Å². The minimum atomic E-state index is -0.532. The van der Waals surface area contributed by atoms with Gasteiger partial charge >= 0.3 is 5.97 Å². The first kappa shape index (κ1) is 20.7. The van der Waals surface area contributed by atoms with Crippen LogP contribution in [0.1, 0.15) is 24.2 Å². The van der Waals surface area contributed by atoms with Crippen molar-refractivity contribution < 1.29 is 18.7 Å². The molecule has 0 N–H and O–H groups in total. The molecule has 0 aliphatic heterocycles. The zero-order valence-corrected chi connectivity index (χ0v) is 17.0. The number of hydrogen-bond acceptors (Lipinski definition) is 5. The van der Waals surface area contributed by atoms with Crippen molar-refractivity contribution in [2.24, 2.45) is 0 Å². The first-order valence-corrected chi connectivity index (χ1v) is 9.98. The SMILES string of the molecule is CC(c1ccccc1)N(C)C(=O)COC(=O)Cc1csc(-c2cccc(F)c2)n1.